The number of anilines is 1. The normalized spacial score (nSPS) is 17.3. The fourth-order valence-electron chi connectivity index (χ4n) is 3.52. The van der Waals surface area contributed by atoms with Crippen molar-refractivity contribution in [2.45, 2.75) is 46.1 Å². The molecule has 1 aliphatic rings. The van der Waals surface area contributed by atoms with E-state index in [9.17, 15) is 0 Å². The van der Waals surface area contributed by atoms with Crippen LogP contribution in [0.3, 0.4) is 0 Å². The topological polar surface area (TPSA) is 15.3 Å². The van der Waals surface area contributed by atoms with E-state index in [1.54, 1.807) is 0 Å². The third-order valence-corrected chi connectivity index (χ3v) is 4.27. The molecule has 2 heteroatoms. The van der Waals surface area contributed by atoms with Crippen molar-refractivity contribution in [3.05, 3.63) is 29.8 Å². The Hall–Kier alpha value is -1.02. The van der Waals surface area contributed by atoms with Gasteiger partial charge in [-0.1, -0.05) is 38.8 Å². The van der Waals surface area contributed by atoms with Gasteiger partial charge in [-0.15, -0.1) is 0 Å². The lowest BCUT2D eigenvalue weighted by molar-refractivity contribution is 0.173. The molecule has 0 saturated carbocycles. The van der Waals surface area contributed by atoms with E-state index in [-0.39, 0.29) is 0 Å². The van der Waals surface area contributed by atoms with E-state index in [1.807, 2.05) is 7.05 Å². The number of rotatable bonds is 7. The van der Waals surface area contributed by atoms with Gasteiger partial charge in [-0.05, 0) is 37.6 Å². The molecule has 19 heavy (non-hydrogen) atoms. The van der Waals surface area contributed by atoms with Gasteiger partial charge in [0.25, 0.3) is 0 Å². The predicted molar refractivity (Wildman–Crippen MR) is 83.7 cm³/mol. The Bertz CT molecular complexity index is 386. The molecule has 1 aromatic carbocycles. The van der Waals surface area contributed by atoms with Gasteiger partial charge in [0.05, 0.1) is 0 Å². The first-order valence-corrected chi connectivity index (χ1v) is 7.71. The summed E-state index contributed by atoms with van der Waals surface area (Å²) in [5, 5.41) is 3.22. The molecule has 0 aromatic heterocycles. The first-order valence-electron chi connectivity index (χ1n) is 7.71. The van der Waals surface area contributed by atoms with Crippen LogP contribution in [-0.2, 0) is 6.54 Å². The Balaban J connectivity index is 2.00. The standard InChI is InChI=1S/C17H28N2/c1-4-9-17(10-5-2)13-19(14-17)16-8-6-7-15(11-16)12-18-3/h6-8,11,18H,4-5,9-10,12-14H2,1-3H3. The lowest BCUT2D eigenvalue weighted by atomic mass is 9.72. The lowest BCUT2D eigenvalue weighted by Crippen LogP contribution is -2.56. The number of benzene rings is 1. The Kier molecular flexibility index (Phi) is 4.87. The fraction of sp³-hybridized carbons (Fsp3) is 0.647. The molecule has 0 spiro atoms. The molecule has 2 rings (SSSR count). The van der Waals surface area contributed by atoms with Crippen molar-refractivity contribution < 1.29 is 0 Å². The van der Waals surface area contributed by atoms with E-state index >= 15 is 0 Å². The maximum absolute atomic E-state index is 3.22. The molecule has 0 bridgehead atoms. The van der Waals surface area contributed by atoms with E-state index in [0.717, 1.165) is 6.54 Å². The molecule has 106 valence electrons. The van der Waals surface area contributed by atoms with E-state index in [2.05, 4.69) is 48.3 Å². The minimum atomic E-state index is 0.600. The van der Waals surface area contributed by atoms with E-state index in [1.165, 1.54) is 50.0 Å². The maximum Gasteiger partial charge on any atom is 0.0369 e. The first kappa shape index (κ1) is 14.4. The van der Waals surface area contributed by atoms with Gasteiger partial charge < -0.3 is 10.2 Å². The van der Waals surface area contributed by atoms with Crippen molar-refractivity contribution in [3.8, 4) is 0 Å². The summed E-state index contributed by atoms with van der Waals surface area (Å²) in [6.07, 6.45) is 5.39. The van der Waals surface area contributed by atoms with Crippen molar-refractivity contribution in [1.82, 2.24) is 5.32 Å². The van der Waals surface area contributed by atoms with E-state index < -0.39 is 0 Å². The minimum absolute atomic E-state index is 0.600. The van der Waals surface area contributed by atoms with Crippen LogP contribution in [0.25, 0.3) is 0 Å². The summed E-state index contributed by atoms with van der Waals surface area (Å²) in [7, 11) is 2.00. The summed E-state index contributed by atoms with van der Waals surface area (Å²) in [5.41, 5.74) is 3.38. The molecule has 0 atom stereocenters. The number of hydrogen-bond donors (Lipinski definition) is 1. The van der Waals surface area contributed by atoms with Gasteiger partial charge >= 0.3 is 0 Å². The molecular weight excluding hydrogens is 232 g/mol. The molecule has 0 amide bonds. The molecule has 1 N–H and O–H groups in total. The SMILES string of the molecule is CCCC1(CCC)CN(c2cccc(CNC)c2)C1. The average Bonchev–Trinajstić information content (AvgIpc) is 2.36. The summed E-state index contributed by atoms with van der Waals surface area (Å²) in [6.45, 7) is 8.08. The highest BCUT2D eigenvalue weighted by Gasteiger charge is 2.41. The number of nitrogens with zero attached hydrogens (tertiary/aromatic N) is 1. The van der Waals surface area contributed by atoms with Gasteiger partial charge in [0.2, 0.25) is 0 Å². The molecule has 0 unspecified atom stereocenters. The summed E-state index contributed by atoms with van der Waals surface area (Å²) in [4.78, 5) is 2.55. The second kappa shape index (κ2) is 6.42. The highest BCUT2D eigenvalue weighted by atomic mass is 15.2. The van der Waals surface area contributed by atoms with Crippen LogP contribution in [-0.4, -0.2) is 20.1 Å². The third-order valence-electron chi connectivity index (χ3n) is 4.27. The first-order chi connectivity index (χ1) is 9.23. The summed E-state index contributed by atoms with van der Waals surface area (Å²) >= 11 is 0. The van der Waals surface area contributed by atoms with Gasteiger partial charge in [-0.2, -0.15) is 0 Å². The Morgan fingerprint density at radius 2 is 1.84 bits per heavy atom. The molecule has 2 nitrogen and oxygen atoms in total. The smallest absolute Gasteiger partial charge is 0.0369 e. The zero-order valence-electron chi connectivity index (χ0n) is 12.7. The quantitative estimate of drug-likeness (QED) is 0.802. The van der Waals surface area contributed by atoms with Gasteiger partial charge in [0, 0.05) is 30.7 Å². The monoisotopic (exact) mass is 260 g/mol. The average molecular weight is 260 g/mol. The van der Waals surface area contributed by atoms with Crippen LogP contribution in [0, 0.1) is 5.41 Å². The Morgan fingerprint density at radius 3 is 2.42 bits per heavy atom. The maximum atomic E-state index is 3.22. The zero-order chi connectivity index (χ0) is 13.7. The fourth-order valence-corrected chi connectivity index (χ4v) is 3.52. The van der Waals surface area contributed by atoms with Crippen LogP contribution in [0.5, 0.6) is 0 Å². The molecular formula is C17H28N2. The van der Waals surface area contributed by atoms with Crippen molar-refractivity contribution >= 4 is 5.69 Å². The zero-order valence-corrected chi connectivity index (χ0v) is 12.7. The van der Waals surface area contributed by atoms with Crippen molar-refractivity contribution in [2.24, 2.45) is 5.41 Å². The summed E-state index contributed by atoms with van der Waals surface area (Å²) in [5.74, 6) is 0. The summed E-state index contributed by atoms with van der Waals surface area (Å²) < 4.78 is 0. The molecule has 1 saturated heterocycles. The molecule has 1 fully saturated rings. The highest BCUT2D eigenvalue weighted by molar-refractivity contribution is 5.51. The van der Waals surface area contributed by atoms with Gasteiger partial charge in [0.15, 0.2) is 0 Å². The molecule has 0 radical (unpaired) electrons. The van der Waals surface area contributed by atoms with Crippen molar-refractivity contribution in [1.29, 1.82) is 0 Å². The largest absolute Gasteiger partial charge is 0.370 e. The van der Waals surface area contributed by atoms with E-state index in [4.69, 9.17) is 0 Å². The second-order valence-electron chi connectivity index (χ2n) is 6.06. The Labute approximate surface area is 118 Å². The van der Waals surface area contributed by atoms with Crippen LogP contribution < -0.4 is 10.2 Å². The number of hydrogen-bond acceptors (Lipinski definition) is 2. The van der Waals surface area contributed by atoms with Crippen molar-refractivity contribution in [3.63, 3.8) is 0 Å². The van der Waals surface area contributed by atoms with Crippen LogP contribution >= 0.6 is 0 Å². The highest BCUT2D eigenvalue weighted by Crippen LogP contribution is 2.41. The Morgan fingerprint density at radius 1 is 1.16 bits per heavy atom. The predicted octanol–water partition coefficient (Wildman–Crippen LogP) is 3.81. The molecule has 1 aliphatic heterocycles. The molecule has 0 aliphatic carbocycles. The van der Waals surface area contributed by atoms with Gasteiger partial charge in [-0.25, -0.2) is 0 Å². The van der Waals surface area contributed by atoms with Crippen LogP contribution in [0.1, 0.15) is 45.1 Å². The van der Waals surface area contributed by atoms with Crippen molar-refractivity contribution in [2.75, 3.05) is 25.0 Å². The second-order valence-corrected chi connectivity index (χ2v) is 6.06. The van der Waals surface area contributed by atoms with Crippen LogP contribution in [0.2, 0.25) is 0 Å². The third kappa shape index (κ3) is 3.30. The minimum Gasteiger partial charge on any atom is -0.370 e. The lowest BCUT2D eigenvalue weighted by Gasteiger charge is -2.52. The number of nitrogens with one attached hydrogen (secondary N) is 1. The summed E-state index contributed by atoms with van der Waals surface area (Å²) in [6, 6.07) is 8.96. The van der Waals surface area contributed by atoms with E-state index in [0.29, 0.717) is 5.41 Å². The van der Waals surface area contributed by atoms with Crippen LogP contribution in [0.4, 0.5) is 5.69 Å². The van der Waals surface area contributed by atoms with Crippen LogP contribution in [0.15, 0.2) is 24.3 Å². The molecule has 1 aromatic rings. The van der Waals surface area contributed by atoms with Gasteiger partial charge in [-0.3, -0.25) is 0 Å². The van der Waals surface area contributed by atoms with Gasteiger partial charge in [0.1, 0.15) is 0 Å². The molecule has 1 heterocycles.